The third-order valence-corrected chi connectivity index (χ3v) is 5.76. The molecule has 0 radical (unpaired) electrons. The first kappa shape index (κ1) is 20.5. The number of benzene rings is 2. The number of nitrogens with zero attached hydrogens (tertiary/aromatic N) is 2. The average Bonchev–Trinajstić information content (AvgIpc) is 3.03. The van der Waals surface area contributed by atoms with E-state index >= 15 is 0 Å². The van der Waals surface area contributed by atoms with Crippen LogP contribution in [0.5, 0.6) is 11.5 Å². The number of carbonyl (C=O) groups is 1. The van der Waals surface area contributed by atoms with Crippen LogP contribution in [-0.4, -0.2) is 36.8 Å². The molecule has 1 aliphatic rings. The molecule has 1 aliphatic heterocycles. The van der Waals surface area contributed by atoms with E-state index in [1.54, 1.807) is 44.7 Å². The largest absolute Gasteiger partial charge is 0.493 e. The maximum Gasteiger partial charge on any atom is 0.239 e. The van der Waals surface area contributed by atoms with E-state index in [1.165, 1.54) is 11.8 Å². The molecule has 0 saturated carbocycles. The smallest absolute Gasteiger partial charge is 0.239 e. The summed E-state index contributed by atoms with van der Waals surface area (Å²) in [6.45, 7) is 0. The first-order valence-electron chi connectivity index (χ1n) is 8.24. The van der Waals surface area contributed by atoms with E-state index in [0.717, 1.165) is 11.1 Å². The summed E-state index contributed by atoms with van der Waals surface area (Å²) in [6.07, 6.45) is 2.10. The zero-order valence-electron chi connectivity index (χ0n) is 15.1. The molecule has 6 nitrogen and oxygen atoms in total. The molecule has 2 aromatic carbocycles. The second-order valence-electron chi connectivity index (χ2n) is 5.81. The predicted molar refractivity (Wildman–Crippen MR) is 114 cm³/mol. The van der Waals surface area contributed by atoms with Crippen molar-refractivity contribution in [1.82, 2.24) is 5.32 Å². The lowest BCUT2D eigenvalue weighted by Gasteiger charge is -2.07. The van der Waals surface area contributed by atoms with Crippen molar-refractivity contribution in [2.75, 3.05) is 14.2 Å². The van der Waals surface area contributed by atoms with Crippen LogP contribution in [0.4, 0.5) is 0 Å². The van der Waals surface area contributed by atoms with Crippen molar-refractivity contribution in [3.63, 3.8) is 0 Å². The average molecular weight is 438 g/mol. The number of ether oxygens (including phenoxy) is 2. The van der Waals surface area contributed by atoms with E-state index in [2.05, 4.69) is 15.5 Å². The molecule has 3 rings (SSSR count). The van der Waals surface area contributed by atoms with Crippen LogP contribution in [0.1, 0.15) is 11.1 Å². The SMILES string of the molecule is COc1ccc(/C=N\N=C2/NC(=O)[C@@H](Cc3ccc(Cl)c(Cl)c3)S2)cc1OC. The van der Waals surface area contributed by atoms with Crippen LogP contribution in [-0.2, 0) is 11.2 Å². The normalized spacial score (nSPS) is 17.9. The van der Waals surface area contributed by atoms with Crippen molar-refractivity contribution >= 4 is 52.3 Å². The Bertz CT molecular complexity index is 950. The molecule has 28 heavy (non-hydrogen) atoms. The lowest BCUT2D eigenvalue weighted by atomic mass is 10.1. The van der Waals surface area contributed by atoms with Crippen LogP contribution in [0.25, 0.3) is 0 Å². The van der Waals surface area contributed by atoms with Gasteiger partial charge in [0.15, 0.2) is 16.7 Å². The zero-order chi connectivity index (χ0) is 20.1. The highest BCUT2D eigenvalue weighted by Gasteiger charge is 2.30. The number of rotatable bonds is 6. The van der Waals surface area contributed by atoms with Gasteiger partial charge in [0.2, 0.25) is 5.91 Å². The fourth-order valence-electron chi connectivity index (χ4n) is 2.55. The Kier molecular flexibility index (Phi) is 6.83. The molecule has 1 amide bonds. The van der Waals surface area contributed by atoms with Crippen LogP contribution in [0.2, 0.25) is 10.0 Å². The van der Waals surface area contributed by atoms with E-state index in [9.17, 15) is 4.79 Å². The summed E-state index contributed by atoms with van der Waals surface area (Å²) in [4.78, 5) is 12.2. The van der Waals surface area contributed by atoms with Crippen molar-refractivity contribution in [3.05, 3.63) is 57.6 Å². The monoisotopic (exact) mass is 437 g/mol. The molecule has 1 fully saturated rings. The third kappa shape index (κ3) is 4.98. The quantitative estimate of drug-likeness (QED) is 0.543. The molecule has 0 bridgehead atoms. The highest BCUT2D eigenvalue weighted by Crippen LogP contribution is 2.28. The number of amides is 1. The van der Waals surface area contributed by atoms with Gasteiger partial charge in [0.25, 0.3) is 0 Å². The van der Waals surface area contributed by atoms with Crippen LogP contribution in [0.15, 0.2) is 46.6 Å². The minimum Gasteiger partial charge on any atom is -0.493 e. The van der Waals surface area contributed by atoms with Crippen molar-refractivity contribution < 1.29 is 14.3 Å². The fraction of sp³-hybridized carbons (Fsp3) is 0.211. The number of methoxy groups -OCH3 is 2. The summed E-state index contributed by atoms with van der Waals surface area (Å²) in [5, 5.41) is 12.0. The minimum atomic E-state index is -0.299. The van der Waals surface area contributed by atoms with Gasteiger partial charge in [-0.3, -0.25) is 4.79 Å². The summed E-state index contributed by atoms with van der Waals surface area (Å²) in [6, 6.07) is 10.7. The Labute approximate surface area is 176 Å². The topological polar surface area (TPSA) is 72.3 Å². The summed E-state index contributed by atoms with van der Waals surface area (Å²) >= 11 is 13.3. The number of thioether (sulfide) groups is 1. The molecule has 1 heterocycles. The number of amidine groups is 1. The molecular weight excluding hydrogens is 421 g/mol. The Morgan fingerprint density at radius 1 is 1.11 bits per heavy atom. The minimum absolute atomic E-state index is 0.115. The van der Waals surface area contributed by atoms with Crippen molar-refractivity contribution in [2.45, 2.75) is 11.7 Å². The maximum absolute atomic E-state index is 12.2. The second kappa shape index (κ2) is 9.32. The highest BCUT2D eigenvalue weighted by atomic mass is 35.5. The molecule has 0 spiro atoms. The number of carbonyl (C=O) groups excluding carboxylic acids is 1. The number of hydrogen-bond acceptors (Lipinski definition) is 6. The number of nitrogens with one attached hydrogen (secondary N) is 1. The Morgan fingerprint density at radius 3 is 2.61 bits per heavy atom. The maximum atomic E-state index is 12.2. The van der Waals surface area contributed by atoms with Crippen molar-refractivity contribution in [3.8, 4) is 11.5 Å². The summed E-state index contributed by atoms with van der Waals surface area (Å²) < 4.78 is 10.5. The molecule has 146 valence electrons. The number of hydrogen-bond donors (Lipinski definition) is 1. The molecule has 1 atom stereocenters. The fourth-order valence-corrected chi connectivity index (χ4v) is 3.83. The van der Waals surface area contributed by atoms with Gasteiger partial charge in [0.1, 0.15) is 0 Å². The summed E-state index contributed by atoms with van der Waals surface area (Å²) in [5.74, 6) is 1.12. The van der Waals surface area contributed by atoms with Gasteiger partial charge in [-0.15, -0.1) is 5.10 Å². The van der Waals surface area contributed by atoms with E-state index in [1.807, 2.05) is 12.1 Å². The van der Waals surface area contributed by atoms with Crippen LogP contribution >= 0.6 is 35.0 Å². The van der Waals surface area contributed by atoms with Gasteiger partial charge in [-0.25, -0.2) is 0 Å². The first-order chi connectivity index (χ1) is 13.5. The van der Waals surface area contributed by atoms with E-state index in [-0.39, 0.29) is 11.2 Å². The summed E-state index contributed by atoms with van der Waals surface area (Å²) in [7, 11) is 3.14. The van der Waals surface area contributed by atoms with Gasteiger partial charge in [-0.1, -0.05) is 41.0 Å². The third-order valence-electron chi connectivity index (χ3n) is 3.94. The molecule has 1 saturated heterocycles. The highest BCUT2D eigenvalue weighted by molar-refractivity contribution is 8.15. The van der Waals surface area contributed by atoms with E-state index in [0.29, 0.717) is 33.1 Å². The Hall–Kier alpha value is -2.22. The predicted octanol–water partition coefficient (Wildman–Crippen LogP) is 4.17. The Morgan fingerprint density at radius 2 is 1.89 bits per heavy atom. The van der Waals surface area contributed by atoms with Gasteiger partial charge in [-0.2, -0.15) is 5.10 Å². The standard InChI is InChI=1S/C19H17Cl2N3O3S/c1-26-15-6-4-12(8-16(15)27-2)10-22-24-19-23-18(25)17(28-19)9-11-3-5-13(20)14(21)7-11/h3-8,10,17H,9H2,1-2H3,(H,23,24,25)/b22-10-/t17-/m1/s1. The lowest BCUT2D eigenvalue weighted by molar-refractivity contribution is -0.118. The summed E-state index contributed by atoms with van der Waals surface area (Å²) in [5.41, 5.74) is 1.72. The van der Waals surface area contributed by atoms with E-state index in [4.69, 9.17) is 32.7 Å². The van der Waals surface area contributed by atoms with Crippen LogP contribution in [0, 0.1) is 0 Å². The van der Waals surface area contributed by atoms with Crippen LogP contribution in [0.3, 0.4) is 0 Å². The van der Waals surface area contributed by atoms with Gasteiger partial charge < -0.3 is 14.8 Å². The molecule has 1 N–H and O–H groups in total. The molecule has 9 heteroatoms. The molecule has 0 unspecified atom stereocenters. The number of halogens is 2. The van der Waals surface area contributed by atoms with Gasteiger partial charge >= 0.3 is 0 Å². The van der Waals surface area contributed by atoms with Gasteiger partial charge in [0.05, 0.1) is 35.7 Å². The first-order valence-corrected chi connectivity index (χ1v) is 9.88. The lowest BCUT2D eigenvalue weighted by Crippen LogP contribution is -2.25. The zero-order valence-corrected chi connectivity index (χ0v) is 17.4. The Balaban J connectivity index is 1.65. The molecule has 2 aromatic rings. The van der Waals surface area contributed by atoms with Gasteiger partial charge in [-0.05, 0) is 47.9 Å². The molecule has 0 aliphatic carbocycles. The second-order valence-corrected chi connectivity index (χ2v) is 7.82. The molecule has 0 aromatic heterocycles. The molecular formula is C19H17Cl2N3O3S. The van der Waals surface area contributed by atoms with Gasteiger partial charge in [0, 0.05) is 0 Å². The van der Waals surface area contributed by atoms with Crippen LogP contribution < -0.4 is 14.8 Å². The van der Waals surface area contributed by atoms with Crippen molar-refractivity contribution in [1.29, 1.82) is 0 Å². The van der Waals surface area contributed by atoms with E-state index < -0.39 is 0 Å². The van der Waals surface area contributed by atoms with Crippen molar-refractivity contribution in [2.24, 2.45) is 10.2 Å².